The fourth-order valence-electron chi connectivity index (χ4n) is 2.83. The van der Waals surface area contributed by atoms with Crippen molar-refractivity contribution < 1.29 is 0 Å². The number of hydrogen-bond donors (Lipinski definition) is 0. The number of thioether (sulfide) groups is 1. The molecule has 0 radical (unpaired) electrons. The van der Waals surface area contributed by atoms with E-state index in [2.05, 4.69) is 29.2 Å². The van der Waals surface area contributed by atoms with Gasteiger partial charge in [0, 0.05) is 4.70 Å². The minimum absolute atomic E-state index is 0.193. The molecule has 0 fully saturated rings. The second-order valence-electron chi connectivity index (χ2n) is 6.12. The molecule has 0 aliphatic heterocycles. The van der Waals surface area contributed by atoms with E-state index >= 15 is 0 Å². The monoisotopic (exact) mass is 390 g/mol. The molecule has 4 aromatic rings. The summed E-state index contributed by atoms with van der Waals surface area (Å²) >= 11 is 3.25. The largest absolute Gasteiger partial charge is 0.279 e. The number of benzene rings is 2. The summed E-state index contributed by atoms with van der Waals surface area (Å²) in [6.45, 7) is 0. The van der Waals surface area contributed by atoms with E-state index in [1.165, 1.54) is 16.9 Å². The average Bonchev–Trinajstić information content (AvgIpc) is 2.72. The van der Waals surface area contributed by atoms with Gasteiger partial charge >= 0.3 is 0 Å². The lowest BCUT2D eigenvalue weighted by Crippen LogP contribution is -2.06. The first kappa shape index (κ1) is 17.9. The molecule has 0 aliphatic rings. The van der Waals surface area contributed by atoms with Crippen LogP contribution >= 0.6 is 23.1 Å². The molecule has 0 amide bonds. The third kappa shape index (κ3) is 4.43. The third-order valence-electron chi connectivity index (χ3n) is 4.17. The van der Waals surface area contributed by atoms with Crippen LogP contribution < -0.4 is 5.56 Å². The van der Waals surface area contributed by atoms with E-state index in [0.29, 0.717) is 10.4 Å². The maximum absolute atomic E-state index is 12.3. The van der Waals surface area contributed by atoms with E-state index < -0.39 is 0 Å². The fourth-order valence-corrected chi connectivity index (χ4v) is 4.64. The van der Waals surface area contributed by atoms with Gasteiger partial charge in [-0.3, -0.25) is 4.79 Å². The molecule has 27 heavy (non-hydrogen) atoms. The Balaban J connectivity index is 1.47. The van der Waals surface area contributed by atoms with Gasteiger partial charge in [0.25, 0.3) is 5.56 Å². The molecule has 134 valence electrons. The van der Waals surface area contributed by atoms with Crippen LogP contribution in [0.25, 0.3) is 20.8 Å². The molecule has 0 N–H and O–H groups in total. The van der Waals surface area contributed by atoms with Gasteiger partial charge in [-0.1, -0.05) is 48.5 Å². The van der Waals surface area contributed by atoms with Crippen LogP contribution in [-0.2, 0) is 6.42 Å². The first-order valence-corrected chi connectivity index (χ1v) is 10.6. The summed E-state index contributed by atoms with van der Waals surface area (Å²) < 4.78 is 0.940. The van der Waals surface area contributed by atoms with Crippen molar-refractivity contribution in [2.24, 2.45) is 0 Å². The molecule has 2 aromatic carbocycles. The molecule has 0 unspecified atom stereocenters. The van der Waals surface area contributed by atoms with Gasteiger partial charge in [0.1, 0.15) is 10.7 Å². The summed E-state index contributed by atoms with van der Waals surface area (Å²) in [7, 11) is 0. The quantitative estimate of drug-likeness (QED) is 0.325. The number of nitrogens with zero attached hydrogens (tertiary/aromatic N) is 2. The summed E-state index contributed by atoms with van der Waals surface area (Å²) in [5.74, 6) is 1.01. The maximum Gasteiger partial charge on any atom is 0.279 e. The number of rotatable bonds is 6. The smallest absolute Gasteiger partial charge is 0.267 e. The van der Waals surface area contributed by atoms with Crippen LogP contribution in [0.15, 0.2) is 82.6 Å². The number of fused-ring (bicyclic) bond motifs is 1. The first-order chi connectivity index (χ1) is 13.3. The van der Waals surface area contributed by atoms with Gasteiger partial charge in [-0.2, -0.15) is 4.98 Å². The van der Waals surface area contributed by atoms with Crippen molar-refractivity contribution in [3.63, 3.8) is 0 Å². The SMILES string of the molecule is O=c1nc(-c2cccc(SCCCc3ccccc3)n2)sc2ccccc12. The highest BCUT2D eigenvalue weighted by Gasteiger charge is 2.08. The Morgan fingerprint density at radius 2 is 1.67 bits per heavy atom. The molecule has 0 spiro atoms. The zero-order valence-corrected chi connectivity index (χ0v) is 16.3. The van der Waals surface area contributed by atoms with Crippen molar-refractivity contribution in [2.75, 3.05) is 5.75 Å². The predicted molar refractivity (Wildman–Crippen MR) is 115 cm³/mol. The van der Waals surface area contributed by atoms with Gasteiger partial charge in [0.2, 0.25) is 0 Å². The zero-order chi connectivity index (χ0) is 18.5. The molecule has 0 saturated heterocycles. The number of hydrogen-bond acceptors (Lipinski definition) is 5. The summed E-state index contributed by atoms with van der Waals surface area (Å²) in [5, 5.41) is 2.30. The van der Waals surface area contributed by atoms with Crippen LogP contribution in [0.3, 0.4) is 0 Å². The van der Waals surface area contributed by atoms with E-state index in [4.69, 9.17) is 4.98 Å². The molecular formula is C22H18N2OS2. The van der Waals surface area contributed by atoms with Gasteiger partial charge < -0.3 is 0 Å². The van der Waals surface area contributed by atoms with Crippen LogP contribution in [0.5, 0.6) is 0 Å². The number of pyridine rings is 1. The molecule has 2 heterocycles. The van der Waals surface area contributed by atoms with Gasteiger partial charge in [-0.05, 0) is 48.4 Å². The second-order valence-corrected chi connectivity index (χ2v) is 8.26. The normalized spacial score (nSPS) is 11.0. The molecule has 5 heteroatoms. The maximum atomic E-state index is 12.3. The lowest BCUT2D eigenvalue weighted by Gasteiger charge is -2.05. The number of aryl methyl sites for hydroxylation is 1. The van der Waals surface area contributed by atoms with Crippen molar-refractivity contribution in [1.82, 2.24) is 9.97 Å². The molecule has 0 aliphatic carbocycles. The summed E-state index contributed by atoms with van der Waals surface area (Å²) in [6.07, 6.45) is 2.17. The van der Waals surface area contributed by atoms with Crippen LogP contribution in [0.4, 0.5) is 0 Å². The van der Waals surface area contributed by atoms with Crippen LogP contribution in [0, 0.1) is 0 Å². The Labute approximate surface area is 166 Å². The highest BCUT2D eigenvalue weighted by Crippen LogP contribution is 2.26. The van der Waals surface area contributed by atoms with Gasteiger partial charge in [0.05, 0.1) is 10.4 Å². The van der Waals surface area contributed by atoms with E-state index in [1.807, 2.05) is 48.5 Å². The lowest BCUT2D eigenvalue weighted by molar-refractivity contribution is 0.931. The Bertz CT molecular complexity index is 1110. The van der Waals surface area contributed by atoms with Gasteiger partial charge in [-0.25, -0.2) is 4.98 Å². The van der Waals surface area contributed by atoms with Crippen molar-refractivity contribution >= 4 is 33.2 Å². The molecule has 3 nitrogen and oxygen atoms in total. The average molecular weight is 391 g/mol. The summed E-state index contributed by atoms with van der Waals surface area (Å²) in [4.78, 5) is 21.2. The van der Waals surface area contributed by atoms with Crippen molar-refractivity contribution in [3.8, 4) is 10.7 Å². The van der Waals surface area contributed by atoms with E-state index in [-0.39, 0.29) is 5.56 Å². The summed E-state index contributed by atoms with van der Waals surface area (Å²) in [6, 6.07) is 24.0. The Hall–Kier alpha value is -2.50. The third-order valence-corrected chi connectivity index (χ3v) is 6.26. The Morgan fingerprint density at radius 3 is 2.56 bits per heavy atom. The molecule has 2 aromatic heterocycles. The highest BCUT2D eigenvalue weighted by atomic mass is 32.2. The second kappa shape index (κ2) is 8.46. The standard InChI is InChI=1S/C22H18N2OS2/c25-21-17-11-4-5-13-19(17)27-22(24-21)18-12-6-14-20(23-18)26-15-7-10-16-8-2-1-3-9-16/h1-6,8-9,11-14H,7,10,15H2. The van der Waals surface area contributed by atoms with E-state index in [0.717, 1.165) is 34.0 Å². The van der Waals surface area contributed by atoms with Crippen LogP contribution in [0.1, 0.15) is 12.0 Å². The van der Waals surface area contributed by atoms with Crippen LogP contribution in [-0.4, -0.2) is 15.7 Å². The first-order valence-electron chi connectivity index (χ1n) is 8.84. The summed E-state index contributed by atoms with van der Waals surface area (Å²) in [5.41, 5.74) is 1.93. The zero-order valence-electron chi connectivity index (χ0n) is 14.7. The van der Waals surface area contributed by atoms with Gasteiger partial charge in [-0.15, -0.1) is 23.1 Å². The van der Waals surface area contributed by atoms with Crippen molar-refractivity contribution in [3.05, 3.63) is 88.7 Å². The van der Waals surface area contributed by atoms with E-state index in [9.17, 15) is 4.79 Å². The topological polar surface area (TPSA) is 42.9 Å². The molecule has 0 atom stereocenters. The van der Waals surface area contributed by atoms with E-state index in [1.54, 1.807) is 11.8 Å². The highest BCUT2D eigenvalue weighted by molar-refractivity contribution is 7.99. The minimum atomic E-state index is -0.193. The Kier molecular flexibility index (Phi) is 5.61. The fraction of sp³-hybridized carbons (Fsp3) is 0.136. The molecule has 0 saturated carbocycles. The molecule has 4 rings (SSSR count). The van der Waals surface area contributed by atoms with Crippen molar-refractivity contribution in [1.29, 1.82) is 0 Å². The Morgan fingerprint density at radius 1 is 0.852 bits per heavy atom. The lowest BCUT2D eigenvalue weighted by atomic mass is 10.1. The van der Waals surface area contributed by atoms with Crippen LogP contribution in [0.2, 0.25) is 0 Å². The van der Waals surface area contributed by atoms with Gasteiger partial charge in [0.15, 0.2) is 0 Å². The predicted octanol–water partition coefficient (Wildman–Crippen LogP) is 5.44. The minimum Gasteiger partial charge on any atom is -0.267 e. The number of aromatic nitrogens is 2. The van der Waals surface area contributed by atoms with Crippen molar-refractivity contribution in [2.45, 2.75) is 17.9 Å². The molecular weight excluding hydrogens is 372 g/mol. The molecule has 0 bridgehead atoms.